The monoisotopic (exact) mass is 379 g/mol. The van der Waals surface area contributed by atoms with Gasteiger partial charge in [-0.05, 0) is 82.7 Å². The van der Waals surface area contributed by atoms with E-state index in [-0.39, 0.29) is 6.04 Å². The number of pyridine rings is 1. The third kappa shape index (κ3) is 3.71. The molecule has 1 saturated carbocycles. The van der Waals surface area contributed by atoms with Crippen molar-refractivity contribution in [2.75, 3.05) is 0 Å². The van der Waals surface area contributed by atoms with Gasteiger partial charge in [-0.25, -0.2) is 4.79 Å². The number of carbonyl (C=O) groups is 1. The lowest BCUT2D eigenvalue weighted by molar-refractivity contribution is 0.0508. The Morgan fingerprint density at radius 3 is 2.79 bits per heavy atom. The van der Waals surface area contributed by atoms with Gasteiger partial charge in [0.05, 0.1) is 22.6 Å². The van der Waals surface area contributed by atoms with Crippen molar-refractivity contribution in [1.82, 2.24) is 14.9 Å². The van der Waals surface area contributed by atoms with Crippen LogP contribution in [-0.2, 0) is 11.3 Å². The molecule has 1 aromatic carbocycles. The number of amides is 1. The SMILES string of the molecule is Cc1cc([C@@H](C)NC(=O)OC(C)(C)C)c2c(c1)c1ncccc1n2CC1CC1. The Labute approximate surface area is 166 Å². The maximum Gasteiger partial charge on any atom is 0.408 e. The van der Waals surface area contributed by atoms with E-state index in [1.165, 1.54) is 23.9 Å². The standard InChI is InChI=1S/C23H29N3O2/c1-14-11-17(15(2)25-22(27)28-23(3,4)5)21-18(12-14)20-19(7-6-10-24-20)26(21)13-16-8-9-16/h6-7,10-12,15-16H,8-9,13H2,1-5H3,(H,25,27)/t15-/m1/s1. The minimum atomic E-state index is -0.517. The van der Waals surface area contributed by atoms with Crippen LogP contribution in [0.3, 0.4) is 0 Å². The molecule has 2 aromatic heterocycles. The molecule has 1 N–H and O–H groups in total. The highest BCUT2D eigenvalue weighted by atomic mass is 16.6. The highest BCUT2D eigenvalue weighted by Gasteiger charge is 2.26. The van der Waals surface area contributed by atoms with Crippen molar-refractivity contribution in [3.8, 4) is 0 Å². The number of fused-ring (bicyclic) bond motifs is 3. The Kier molecular flexibility index (Phi) is 4.56. The van der Waals surface area contributed by atoms with Crippen LogP contribution in [0.25, 0.3) is 21.9 Å². The minimum Gasteiger partial charge on any atom is -0.444 e. The highest BCUT2D eigenvalue weighted by Crippen LogP contribution is 2.38. The number of nitrogens with zero attached hydrogens (tertiary/aromatic N) is 2. The number of alkyl carbamates (subject to hydrolysis) is 1. The molecule has 5 heteroatoms. The zero-order valence-electron chi connectivity index (χ0n) is 17.4. The van der Waals surface area contributed by atoms with Crippen LogP contribution in [0.15, 0.2) is 30.5 Å². The first-order chi connectivity index (χ1) is 13.2. The predicted molar refractivity (Wildman–Crippen MR) is 112 cm³/mol. The van der Waals surface area contributed by atoms with Crippen LogP contribution in [0, 0.1) is 12.8 Å². The summed E-state index contributed by atoms with van der Waals surface area (Å²) >= 11 is 0. The normalized spacial score (nSPS) is 15.8. The number of nitrogens with one attached hydrogen (secondary N) is 1. The molecule has 0 aliphatic heterocycles. The van der Waals surface area contributed by atoms with Gasteiger partial charge in [0, 0.05) is 18.1 Å². The summed E-state index contributed by atoms with van der Waals surface area (Å²) in [6, 6.07) is 8.36. The average Bonchev–Trinajstić information content (AvgIpc) is 3.36. The topological polar surface area (TPSA) is 56.1 Å². The van der Waals surface area contributed by atoms with Crippen molar-refractivity contribution in [2.24, 2.45) is 5.92 Å². The third-order valence-electron chi connectivity index (χ3n) is 5.22. The smallest absolute Gasteiger partial charge is 0.408 e. The highest BCUT2D eigenvalue weighted by molar-refractivity contribution is 6.07. The summed E-state index contributed by atoms with van der Waals surface area (Å²) in [5, 5.41) is 4.17. The molecule has 0 spiro atoms. The van der Waals surface area contributed by atoms with Crippen LogP contribution in [0.5, 0.6) is 0 Å². The second-order valence-electron chi connectivity index (χ2n) is 9.04. The summed E-state index contributed by atoms with van der Waals surface area (Å²) in [6.07, 6.45) is 4.04. The number of aromatic nitrogens is 2. The molecule has 1 fully saturated rings. The van der Waals surface area contributed by atoms with Crippen molar-refractivity contribution in [2.45, 2.75) is 65.6 Å². The molecule has 3 aromatic rings. The largest absolute Gasteiger partial charge is 0.444 e. The molecular weight excluding hydrogens is 350 g/mol. The van der Waals surface area contributed by atoms with Crippen LogP contribution in [-0.4, -0.2) is 21.2 Å². The maximum atomic E-state index is 12.4. The second kappa shape index (κ2) is 6.80. The van der Waals surface area contributed by atoms with Crippen molar-refractivity contribution >= 4 is 28.0 Å². The van der Waals surface area contributed by atoms with Crippen LogP contribution < -0.4 is 5.32 Å². The fraction of sp³-hybridized carbons (Fsp3) is 0.478. The van der Waals surface area contributed by atoms with Gasteiger partial charge in [0.25, 0.3) is 0 Å². The molecular formula is C23H29N3O2. The van der Waals surface area contributed by atoms with E-state index in [0.29, 0.717) is 0 Å². The minimum absolute atomic E-state index is 0.167. The molecule has 28 heavy (non-hydrogen) atoms. The number of benzene rings is 1. The van der Waals surface area contributed by atoms with E-state index in [0.717, 1.165) is 34.5 Å². The van der Waals surface area contributed by atoms with Gasteiger partial charge in [-0.1, -0.05) is 6.07 Å². The fourth-order valence-corrected chi connectivity index (χ4v) is 3.87. The van der Waals surface area contributed by atoms with Crippen molar-refractivity contribution in [3.05, 3.63) is 41.6 Å². The molecule has 0 bridgehead atoms. The molecule has 148 valence electrons. The molecule has 0 unspecified atom stereocenters. The summed E-state index contributed by atoms with van der Waals surface area (Å²) in [5.41, 5.74) is 5.13. The molecule has 1 amide bonds. The third-order valence-corrected chi connectivity index (χ3v) is 5.22. The van der Waals surface area contributed by atoms with Gasteiger partial charge in [-0.15, -0.1) is 0 Å². The molecule has 2 heterocycles. The van der Waals surface area contributed by atoms with Crippen molar-refractivity contribution in [3.63, 3.8) is 0 Å². The van der Waals surface area contributed by atoms with E-state index < -0.39 is 11.7 Å². The number of ether oxygens (including phenoxy) is 1. The Morgan fingerprint density at radius 1 is 1.36 bits per heavy atom. The molecule has 1 aliphatic carbocycles. The van der Waals surface area contributed by atoms with Gasteiger partial charge in [-0.2, -0.15) is 0 Å². The van der Waals surface area contributed by atoms with Crippen molar-refractivity contribution in [1.29, 1.82) is 0 Å². The lowest BCUT2D eigenvalue weighted by Crippen LogP contribution is -2.34. The number of hydrogen-bond acceptors (Lipinski definition) is 3. The van der Waals surface area contributed by atoms with Crippen LogP contribution in [0.4, 0.5) is 4.79 Å². The van der Waals surface area contributed by atoms with Crippen LogP contribution in [0.1, 0.15) is 57.7 Å². The molecule has 1 atom stereocenters. The Balaban J connectivity index is 1.82. The van der Waals surface area contributed by atoms with Gasteiger partial charge in [0.2, 0.25) is 0 Å². The molecule has 4 rings (SSSR count). The van der Waals surface area contributed by atoms with Crippen LogP contribution >= 0.6 is 0 Å². The lowest BCUT2D eigenvalue weighted by Gasteiger charge is -2.23. The Bertz CT molecular complexity index is 1040. The summed E-state index contributed by atoms with van der Waals surface area (Å²) in [7, 11) is 0. The first kappa shape index (κ1) is 18.8. The Hall–Kier alpha value is -2.56. The fourth-order valence-electron chi connectivity index (χ4n) is 3.87. The zero-order chi connectivity index (χ0) is 20.1. The van der Waals surface area contributed by atoms with E-state index in [1.807, 2.05) is 40.0 Å². The van der Waals surface area contributed by atoms with Gasteiger partial charge in [0.15, 0.2) is 0 Å². The molecule has 0 saturated heterocycles. The van der Waals surface area contributed by atoms with Crippen molar-refractivity contribution < 1.29 is 9.53 Å². The summed E-state index contributed by atoms with van der Waals surface area (Å²) in [4.78, 5) is 17.0. The molecule has 1 aliphatic rings. The number of aryl methyl sites for hydroxylation is 1. The number of carbonyl (C=O) groups excluding carboxylic acids is 1. The van der Waals surface area contributed by atoms with Gasteiger partial charge in [0.1, 0.15) is 5.60 Å². The predicted octanol–water partition coefficient (Wildman–Crippen LogP) is 5.49. The van der Waals surface area contributed by atoms with E-state index >= 15 is 0 Å². The van der Waals surface area contributed by atoms with E-state index in [4.69, 9.17) is 4.74 Å². The van der Waals surface area contributed by atoms with Gasteiger partial charge >= 0.3 is 6.09 Å². The molecule has 0 radical (unpaired) electrons. The molecule has 5 nitrogen and oxygen atoms in total. The zero-order valence-corrected chi connectivity index (χ0v) is 17.4. The first-order valence-corrected chi connectivity index (χ1v) is 10.1. The maximum absolute atomic E-state index is 12.4. The summed E-state index contributed by atoms with van der Waals surface area (Å²) in [5.74, 6) is 0.738. The average molecular weight is 380 g/mol. The first-order valence-electron chi connectivity index (χ1n) is 10.1. The summed E-state index contributed by atoms with van der Waals surface area (Å²) < 4.78 is 7.87. The van der Waals surface area contributed by atoms with Gasteiger partial charge in [-0.3, -0.25) is 4.98 Å². The number of hydrogen-bond donors (Lipinski definition) is 1. The lowest BCUT2D eigenvalue weighted by atomic mass is 10.0. The van der Waals surface area contributed by atoms with Gasteiger partial charge < -0.3 is 14.6 Å². The quantitative estimate of drug-likeness (QED) is 0.652. The second-order valence-corrected chi connectivity index (χ2v) is 9.04. The van der Waals surface area contributed by atoms with E-state index in [2.05, 4.69) is 40.0 Å². The van der Waals surface area contributed by atoms with E-state index in [1.54, 1.807) is 0 Å². The number of rotatable bonds is 4. The Morgan fingerprint density at radius 2 is 2.11 bits per heavy atom. The van der Waals surface area contributed by atoms with E-state index in [9.17, 15) is 4.79 Å². The summed E-state index contributed by atoms with van der Waals surface area (Å²) in [6.45, 7) is 10.7. The van der Waals surface area contributed by atoms with Crippen LogP contribution in [0.2, 0.25) is 0 Å².